The molecule has 0 fully saturated rings. The standard InChI is InChI=1S/C16H27FN2O/c1-6-9-19-14(12-8-10-18-11-13(12)17)15(20-7-2)16(3,4)5/h8,10-11,14-15,19H,6-7,9H2,1-5H3. The molecule has 0 aliphatic carbocycles. The smallest absolute Gasteiger partial charge is 0.146 e. The summed E-state index contributed by atoms with van der Waals surface area (Å²) in [5.74, 6) is -0.282. The van der Waals surface area contributed by atoms with E-state index in [0.717, 1.165) is 13.0 Å². The molecule has 0 saturated carbocycles. The minimum Gasteiger partial charge on any atom is -0.376 e. The summed E-state index contributed by atoms with van der Waals surface area (Å²) in [5, 5.41) is 3.43. The van der Waals surface area contributed by atoms with Gasteiger partial charge in [0.1, 0.15) is 5.82 Å². The molecule has 0 saturated heterocycles. The number of pyridine rings is 1. The second-order valence-corrected chi connectivity index (χ2v) is 6.07. The van der Waals surface area contributed by atoms with Crippen molar-refractivity contribution in [1.29, 1.82) is 0 Å². The highest BCUT2D eigenvalue weighted by atomic mass is 19.1. The van der Waals surface area contributed by atoms with E-state index >= 15 is 0 Å². The van der Waals surface area contributed by atoms with Crippen LogP contribution in [-0.2, 0) is 4.74 Å². The van der Waals surface area contributed by atoms with Gasteiger partial charge in [0, 0.05) is 18.4 Å². The van der Waals surface area contributed by atoms with Crippen molar-refractivity contribution in [3.8, 4) is 0 Å². The predicted molar refractivity (Wildman–Crippen MR) is 80.1 cm³/mol. The molecule has 1 N–H and O–H groups in total. The molecule has 0 amide bonds. The Morgan fingerprint density at radius 3 is 2.55 bits per heavy atom. The Bertz CT molecular complexity index is 404. The number of hydrogen-bond donors (Lipinski definition) is 1. The number of aromatic nitrogens is 1. The Hall–Kier alpha value is -1.00. The normalized spacial score (nSPS) is 15.1. The Balaban J connectivity index is 3.12. The van der Waals surface area contributed by atoms with Gasteiger partial charge in [-0.2, -0.15) is 0 Å². The number of rotatable bonds is 7. The summed E-state index contributed by atoms with van der Waals surface area (Å²) in [4.78, 5) is 3.83. The summed E-state index contributed by atoms with van der Waals surface area (Å²) in [7, 11) is 0. The molecule has 0 aromatic carbocycles. The topological polar surface area (TPSA) is 34.2 Å². The van der Waals surface area contributed by atoms with Crippen LogP contribution in [0.4, 0.5) is 4.39 Å². The first-order valence-electron chi connectivity index (χ1n) is 7.36. The molecular weight excluding hydrogens is 255 g/mol. The lowest BCUT2D eigenvalue weighted by Crippen LogP contribution is -2.42. The number of nitrogens with one attached hydrogen (secondary N) is 1. The molecule has 20 heavy (non-hydrogen) atoms. The molecule has 1 heterocycles. The fraction of sp³-hybridized carbons (Fsp3) is 0.688. The van der Waals surface area contributed by atoms with E-state index in [0.29, 0.717) is 12.2 Å². The van der Waals surface area contributed by atoms with E-state index in [2.05, 4.69) is 38.0 Å². The van der Waals surface area contributed by atoms with Crippen LogP contribution in [-0.4, -0.2) is 24.2 Å². The van der Waals surface area contributed by atoms with Crippen molar-refractivity contribution in [1.82, 2.24) is 10.3 Å². The van der Waals surface area contributed by atoms with Crippen molar-refractivity contribution in [2.24, 2.45) is 5.41 Å². The van der Waals surface area contributed by atoms with Gasteiger partial charge in [-0.3, -0.25) is 4.98 Å². The van der Waals surface area contributed by atoms with Gasteiger partial charge in [-0.25, -0.2) is 4.39 Å². The largest absolute Gasteiger partial charge is 0.376 e. The van der Waals surface area contributed by atoms with Gasteiger partial charge in [0.15, 0.2) is 0 Å². The second-order valence-electron chi connectivity index (χ2n) is 6.07. The highest BCUT2D eigenvalue weighted by Crippen LogP contribution is 2.33. The van der Waals surface area contributed by atoms with E-state index in [1.165, 1.54) is 6.20 Å². The lowest BCUT2D eigenvalue weighted by atomic mass is 9.82. The molecule has 0 spiro atoms. The zero-order valence-electron chi connectivity index (χ0n) is 13.2. The highest BCUT2D eigenvalue weighted by molar-refractivity contribution is 5.20. The molecule has 4 heteroatoms. The third kappa shape index (κ3) is 4.53. The Labute approximate surface area is 121 Å². The van der Waals surface area contributed by atoms with Crippen LogP contribution in [0, 0.1) is 11.2 Å². The molecule has 0 aliphatic rings. The summed E-state index contributed by atoms with van der Waals surface area (Å²) in [6.07, 6.45) is 3.79. The van der Waals surface area contributed by atoms with Crippen molar-refractivity contribution in [3.63, 3.8) is 0 Å². The van der Waals surface area contributed by atoms with Crippen LogP contribution in [0.5, 0.6) is 0 Å². The van der Waals surface area contributed by atoms with Crippen LogP contribution in [0.3, 0.4) is 0 Å². The Morgan fingerprint density at radius 1 is 1.35 bits per heavy atom. The van der Waals surface area contributed by atoms with Crippen LogP contribution in [0.25, 0.3) is 0 Å². The van der Waals surface area contributed by atoms with E-state index in [1.54, 1.807) is 12.3 Å². The average molecular weight is 282 g/mol. The quantitative estimate of drug-likeness (QED) is 0.827. The summed E-state index contributed by atoms with van der Waals surface area (Å²) in [5.41, 5.74) is 0.541. The summed E-state index contributed by atoms with van der Waals surface area (Å²) < 4.78 is 20.0. The van der Waals surface area contributed by atoms with Crippen LogP contribution in [0.2, 0.25) is 0 Å². The minimum atomic E-state index is -0.282. The average Bonchev–Trinajstić information content (AvgIpc) is 2.38. The molecule has 2 atom stereocenters. The predicted octanol–water partition coefficient (Wildman–Crippen LogP) is 3.71. The van der Waals surface area contributed by atoms with Gasteiger partial charge in [0.05, 0.1) is 18.3 Å². The molecule has 1 aromatic heterocycles. The second kappa shape index (κ2) is 7.70. The maximum Gasteiger partial charge on any atom is 0.146 e. The Kier molecular flexibility index (Phi) is 6.56. The molecule has 0 bridgehead atoms. The monoisotopic (exact) mass is 282 g/mol. The molecule has 0 aliphatic heterocycles. The zero-order valence-corrected chi connectivity index (χ0v) is 13.2. The van der Waals surface area contributed by atoms with Gasteiger partial charge in [-0.1, -0.05) is 27.7 Å². The van der Waals surface area contributed by atoms with Crippen molar-refractivity contribution in [2.45, 2.75) is 53.2 Å². The van der Waals surface area contributed by atoms with Gasteiger partial charge in [0.2, 0.25) is 0 Å². The number of hydrogen-bond acceptors (Lipinski definition) is 3. The molecule has 1 aromatic rings. The fourth-order valence-corrected chi connectivity index (χ4v) is 2.34. The lowest BCUT2D eigenvalue weighted by molar-refractivity contribution is -0.0372. The lowest BCUT2D eigenvalue weighted by Gasteiger charge is -2.37. The Morgan fingerprint density at radius 2 is 2.05 bits per heavy atom. The van der Waals surface area contributed by atoms with Crippen molar-refractivity contribution in [3.05, 3.63) is 29.8 Å². The zero-order chi connectivity index (χ0) is 15.2. The first-order valence-corrected chi connectivity index (χ1v) is 7.36. The van der Waals surface area contributed by atoms with Crippen molar-refractivity contribution >= 4 is 0 Å². The van der Waals surface area contributed by atoms with Gasteiger partial charge >= 0.3 is 0 Å². The van der Waals surface area contributed by atoms with E-state index in [4.69, 9.17) is 4.74 Å². The molecule has 114 valence electrons. The van der Waals surface area contributed by atoms with E-state index in [-0.39, 0.29) is 23.4 Å². The maximum atomic E-state index is 14.1. The maximum absolute atomic E-state index is 14.1. The van der Waals surface area contributed by atoms with Gasteiger partial charge in [-0.15, -0.1) is 0 Å². The molecule has 3 nitrogen and oxygen atoms in total. The third-order valence-electron chi connectivity index (χ3n) is 3.26. The molecule has 2 unspecified atom stereocenters. The van der Waals surface area contributed by atoms with Gasteiger partial charge < -0.3 is 10.1 Å². The van der Waals surface area contributed by atoms with Crippen LogP contribution in [0.1, 0.15) is 52.6 Å². The van der Waals surface area contributed by atoms with E-state index in [9.17, 15) is 4.39 Å². The first-order chi connectivity index (χ1) is 9.41. The summed E-state index contributed by atoms with van der Waals surface area (Å²) in [6.45, 7) is 11.9. The summed E-state index contributed by atoms with van der Waals surface area (Å²) in [6, 6.07) is 1.57. The first kappa shape index (κ1) is 17.1. The van der Waals surface area contributed by atoms with Crippen molar-refractivity contribution < 1.29 is 9.13 Å². The molecular formula is C16H27FN2O. The van der Waals surface area contributed by atoms with Crippen LogP contribution >= 0.6 is 0 Å². The van der Waals surface area contributed by atoms with E-state index < -0.39 is 0 Å². The van der Waals surface area contributed by atoms with Gasteiger partial charge in [-0.05, 0) is 31.4 Å². The third-order valence-corrected chi connectivity index (χ3v) is 3.26. The summed E-state index contributed by atoms with van der Waals surface area (Å²) >= 11 is 0. The SMILES string of the molecule is CCCNC(c1ccncc1F)C(OCC)C(C)(C)C. The fourth-order valence-electron chi connectivity index (χ4n) is 2.34. The van der Waals surface area contributed by atoms with Crippen LogP contribution < -0.4 is 5.32 Å². The number of ether oxygens (including phenoxy) is 1. The van der Waals surface area contributed by atoms with Crippen LogP contribution in [0.15, 0.2) is 18.5 Å². The number of nitrogens with zero attached hydrogens (tertiary/aromatic N) is 1. The number of halogens is 1. The highest BCUT2D eigenvalue weighted by Gasteiger charge is 2.34. The molecule has 0 radical (unpaired) electrons. The van der Waals surface area contributed by atoms with E-state index in [1.807, 2.05) is 6.92 Å². The van der Waals surface area contributed by atoms with Crippen molar-refractivity contribution in [2.75, 3.05) is 13.2 Å². The molecule has 1 rings (SSSR count). The van der Waals surface area contributed by atoms with Gasteiger partial charge in [0.25, 0.3) is 0 Å². The minimum absolute atomic E-state index is 0.0862.